The number of carbonyl (C=O) groups excluding carboxylic acids is 3. The number of rotatable bonds is 7. The first kappa shape index (κ1) is 24.5. The van der Waals surface area contributed by atoms with Gasteiger partial charge in [0.2, 0.25) is 0 Å². The van der Waals surface area contributed by atoms with Gasteiger partial charge in [0.15, 0.2) is 0 Å². The molecule has 0 aromatic heterocycles. The van der Waals surface area contributed by atoms with Crippen molar-refractivity contribution < 1.29 is 23.9 Å². The van der Waals surface area contributed by atoms with Crippen molar-refractivity contribution in [3.8, 4) is 5.75 Å². The second kappa shape index (κ2) is 11.1. The van der Waals surface area contributed by atoms with Gasteiger partial charge in [0.05, 0.1) is 18.7 Å². The number of esters is 1. The van der Waals surface area contributed by atoms with Crippen LogP contribution >= 0.6 is 72.9 Å². The van der Waals surface area contributed by atoms with Crippen LogP contribution < -0.4 is 4.74 Å². The molecule has 1 heterocycles. The molecule has 0 spiro atoms. The topological polar surface area (TPSA) is 72.9 Å². The molecule has 6 nitrogen and oxygen atoms in total. The van der Waals surface area contributed by atoms with Gasteiger partial charge < -0.3 is 9.47 Å². The molecule has 10 heteroatoms. The van der Waals surface area contributed by atoms with Crippen LogP contribution in [0.15, 0.2) is 45.8 Å². The molecule has 162 valence electrons. The van der Waals surface area contributed by atoms with E-state index >= 15 is 0 Å². The maximum absolute atomic E-state index is 12.6. The second-order valence-electron chi connectivity index (χ2n) is 6.30. The van der Waals surface area contributed by atoms with E-state index in [2.05, 4.69) is 61.1 Å². The van der Waals surface area contributed by atoms with Crippen molar-refractivity contribution >= 4 is 96.1 Å². The van der Waals surface area contributed by atoms with E-state index in [0.717, 1.165) is 45.2 Å². The standard InChI is InChI=1S/C21H16BrI2NO5S/c1-2-29-18(26)10-25-20(27)17(31-21(25)28)9-13-7-15(23)19(16(24)8-13)30-11-12-3-5-14(22)6-4-12/h3-9H,2,10-11H2,1H3/b17-9+. The van der Waals surface area contributed by atoms with Gasteiger partial charge in [-0.25, -0.2) is 0 Å². The van der Waals surface area contributed by atoms with Crippen molar-refractivity contribution in [3.63, 3.8) is 0 Å². The van der Waals surface area contributed by atoms with Crippen molar-refractivity contribution in [2.24, 2.45) is 0 Å². The highest BCUT2D eigenvalue weighted by Crippen LogP contribution is 2.35. The highest BCUT2D eigenvalue weighted by Gasteiger charge is 2.36. The molecule has 0 bridgehead atoms. The van der Waals surface area contributed by atoms with Gasteiger partial charge in [0.1, 0.15) is 18.9 Å². The Morgan fingerprint density at radius 3 is 2.42 bits per heavy atom. The molecule has 3 rings (SSSR count). The summed E-state index contributed by atoms with van der Waals surface area (Å²) in [4.78, 5) is 37.5. The molecule has 2 aromatic carbocycles. The van der Waals surface area contributed by atoms with Gasteiger partial charge in [-0.3, -0.25) is 19.3 Å². The van der Waals surface area contributed by atoms with Crippen LogP contribution in [0.25, 0.3) is 6.08 Å². The predicted molar refractivity (Wildman–Crippen MR) is 140 cm³/mol. The predicted octanol–water partition coefficient (Wildman–Crippen LogP) is 5.84. The van der Waals surface area contributed by atoms with Crippen LogP contribution in [0.3, 0.4) is 0 Å². The monoisotopic (exact) mass is 727 g/mol. The lowest BCUT2D eigenvalue weighted by Crippen LogP contribution is -2.34. The van der Waals surface area contributed by atoms with E-state index in [-0.39, 0.29) is 18.1 Å². The molecule has 31 heavy (non-hydrogen) atoms. The van der Waals surface area contributed by atoms with Crippen LogP contribution in [0.2, 0.25) is 0 Å². The van der Waals surface area contributed by atoms with E-state index in [1.165, 1.54) is 0 Å². The van der Waals surface area contributed by atoms with Gasteiger partial charge in [-0.05, 0) is 105 Å². The van der Waals surface area contributed by atoms with E-state index in [1.807, 2.05) is 36.4 Å². The highest BCUT2D eigenvalue weighted by molar-refractivity contribution is 14.1. The summed E-state index contributed by atoms with van der Waals surface area (Å²) in [5, 5.41) is -0.483. The number of hydrogen-bond acceptors (Lipinski definition) is 6. The zero-order valence-corrected chi connectivity index (χ0v) is 22.9. The van der Waals surface area contributed by atoms with Gasteiger partial charge in [0, 0.05) is 4.47 Å². The number of amides is 2. The van der Waals surface area contributed by atoms with Crippen molar-refractivity contribution in [3.05, 3.63) is 64.0 Å². The molecular weight excluding hydrogens is 712 g/mol. The molecule has 0 unspecified atom stereocenters. The van der Waals surface area contributed by atoms with Crippen molar-refractivity contribution in [2.75, 3.05) is 13.2 Å². The number of carbonyl (C=O) groups is 3. The van der Waals surface area contributed by atoms with Crippen LogP contribution in [-0.2, 0) is 20.9 Å². The van der Waals surface area contributed by atoms with Crippen molar-refractivity contribution in [2.45, 2.75) is 13.5 Å². The molecule has 0 atom stereocenters. The van der Waals surface area contributed by atoms with Gasteiger partial charge in [-0.2, -0.15) is 0 Å². The lowest BCUT2D eigenvalue weighted by atomic mass is 10.2. The van der Waals surface area contributed by atoms with Crippen LogP contribution in [0.4, 0.5) is 4.79 Å². The Morgan fingerprint density at radius 2 is 1.81 bits per heavy atom. The van der Waals surface area contributed by atoms with E-state index in [1.54, 1.807) is 13.0 Å². The molecule has 1 aliphatic rings. The van der Waals surface area contributed by atoms with Crippen LogP contribution in [-0.4, -0.2) is 35.2 Å². The minimum absolute atomic E-state index is 0.192. The van der Waals surface area contributed by atoms with Crippen LogP contribution in [0, 0.1) is 7.14 Å². The summed E-state index contributed by atoms with van der Waals surface area (Å²) in [6.45, 7) is 1.91. The summed E-state index contributed by atoms with van der Waals surface area (Å²) >= 11 is 8.61. The van der Waals surface area contributed by atoms with E-state index in [4.69, 9.17) is 9.47 Å². The average Bonchev–Trinajstić information content (AvgIpc) is 2.96. The Bertz CT molecular complexity index is 1040. The first-order valence-electron chi connectivity index (χ1n) is 9.05. The Balaban J connectivity index is 1.74. The minimum atomic E-state index is -0.609. The quantitative estimate of drug-likeness (QED) is 0.203. The number of ether oxygens (including phenoxy) is 2. The second-order valence-corrected chi connectivity index (χ2v) is 10.5. The lowest BCUT2D eigenvalue weighted by Gasteiger charge is -2.12. The third-order valence-corrected chi connectivity index (χ3v) is 7.12. The molecule has 0 aliphatic carbocycles. The van der Waals surface area contributed by atoms with Gasteiger partial charge in [-0.15, -0.1) is 0 Å². The summed E-state index contributed by atoms with van der Waals surface area (Å²) in [7, 11) is 0. The maximum atomic E-state index is 12.6. The summed E-state index contributed by atoms with van der Waals surface area (Å²) in [6.07, 6.45) is 1.65. The van der Waals surface area contributed by atoms with Gasteiger partial charge >= 0.3 is 5.97 Å². The van der Waals surface area contributed by atoms with Crippen molar-refractivity contribution in [1.82, 2.24) is 4.90 Å². The molecule has 1 fully saturated rings. The lowest BCUT2D eigenvalue weighted by molar-refractivity contribution is -0.145. The Hall–Kier alpha value is -1.12. The fourth-order valence-corrected chi connectivity index (χ4v) is 5.89. The minimum Gasteiger partial charge on any atom is -0.487 e. The van der Waals surface area contributed by atoms with Crippen molar-refractivity contribution in [1.29, 1.82) is 0 Å². The van der Waals surface area contributed by atoms with E-state index < -0.39 is 17.1 Å². The number of imide groups is 1. The summed E-state index contributed by atoms with van der Waals surface area (Å²) in [6, 6.07) is 11.7. The highest BCUT2D eigenvalue weighted by atomic mass is 127. The SMILES string of the molecule is CCOC(=O)CN1C(=O)S/C(=C/c2cc(I)c(OCc3ccc(Br)cc3)c(I)c2)C1=O. The van der Waals surface area contributed by atoms with Gasteiger partial charge in [0.25, 0.3) is 11.1 Å². The van der Waals surface area contributed by atoms with E-state index in [9.17, 15) is 14.4 Å². The van der Waals surface area contributed by atoms with E-state index in [0.29, 0.717) is 6.61 Å². The maximum Gasteiger partial charge on any atom is 0.326 e. The normalized spacial score (nSPS) is 15.0. The third kappa shape index (κ3) is 6.45. The Kier molecular flexibility index (Phi) is 8.82. The molecule has 1 aliphatic heterocycles. The number of nitrogens with zero attached hydrogens (tertiary/aromatic N) is 1. The number of halogens is 3. The van der Waals surface area contributed by atoms with Crippen LogP contribution in [0.5, 0.6) is 5.75 Å². The Labute approximate surface area is 219 Å². The smallest absolute Gasteiger partial charge is 0.326 e. The molecule has 0 radical (unpaired) electrons. The largest absolute Gasteiger partial charge is 0.487 e. The third-order valence-electron chi connectivity index (χ3n) is 4.08. The molecule has 0 N–H and O–H groups in total. The number of thioether (sulfide) groups is 1. The van der Waals surface area contributed by atoms with Gasteiger partial charge in [-0.1, -0.05) is 28.1 Å². The molecule has 2 aromatic rings. The fraction of sp³-hybridized carbons (Fsp3) is 0.190. The first-order chi connectivity index (χ1) is 14.8. The fourth-order valence-electron chi connectivity index (χ4n) is 2.66. The zero-order valence-electron chi connectivity index (χ0n) is 16.2. The summed E-state index contributed by atoms with van der Waals surface area (Å²) in [5.41, 5.74) is 1.82. The first-order valence-corrected chi connectivity index (χ1v) is 12.8. The zero-order chi connectivity index (χ0) is 22.5. The molecule has 2 amide bonds. The molecular formula is C21H16BrI2NO5S. The number of hydrogen-bond donors (Lipinski definition) is 0. The van der Waals surface area contributed by atoms with Crippen LogP contribution in [0.1, 0.15) is 18.1 Å². The average molecular weight is 728 g/mol. The molecule has 1 saturated heterocycles. The Morgan fingerprint density at radius 1 is 1.16 bits per heavy atom. The number of benzene rings is 2. The molecule has 0 saturated carbocycles. The summed E-state index contributed by atoms with van der Waals surface area (Å²) in [5.74, 6) is -0.345. The summed E-state index contributed by atoms with van der Waals surface area (Å²) < 4.78 is 13.6.